The van der Waals surface area contributed by atoms with E-state index in [1.807, 2.05) is 60.0 Å². The molecule has 0 radical (unpaired) electrons. The first-order valence-corrected chi connectivity index (χ1v) is 10.3. The molecule has 7 nitrogen and oxygen atoms in total. The molecule has 0 unspecified atom stereocenters. The standard InChI is InChI=1S/C23H26N4O3/c1-3-30-23(29)26-14-11-18(12-15-26)22(28)25-21-19(17-9-5-4-6-10-17)24-20-16(2)8-7-13-27(20)21/h4-10,13,18H,3,11-12,14-15H2,1-2H3,(H,25,28). The smallest absolute Gasteiger partial charge is 0.409 e. The fourth-order valence-electron chi connectivity index (χ4n) is 3.88. The first-order valence-electron chi connectivity index (χ1n) is 10.3. The second-order valence-corrected chi connectivity index (χ2v) is 7.51. The van der Waals surface area contributed by atoms with Crippen LogP contribution in [0.1, 0.15) is 25.3 Å². The molecule has 2 amide bonds. The number of amides is 2. The molecule has 3 aromatic rings. The van der Waals surface area contributed by atoms with Crippen LogP contribution in [0.2, 0.25) is 0 Å². The van der Waals surface area contributed by atoms with Gasteiger partial charge in [0.05, 0.1) is 6.61 Å². The van der Waals surface area contributed by atoms with Gasteiger partial charge in [0.1, 0.15) is 17.2 Å². The van der Waals surface area contributed by atoms with E-state index < -0.39 is 0 Å². The molecule has 4 rings (SSSR count). The van der Waals surface area contributed by atoms with Crippen molar-refractivity contribution in [2.75, 3.05) is 25.0 Å². The molecule has 1 aliphatic rings. The van der Waals surface area contributed by atoms with Crippen LogP contribution in [0.5, 0.6) is 0 Å². The van der Waals surface area contributed by atoms with Crippen molar-refractivity contribution in [1.82, 2.24) is 14.3 Å². The van der Waals surface area contributed by atoms with Crippen LogP contribution in [0.4, 0.5) is 10.6 Å². The SMILES string of the molecule is CCOC(=O)N1CCC(C(=O)Nc2c(-c3ccccc3)nc3c(C)cccn23)CC1. The number of ether oxygens (including phenoxy) is 1. The van der Waals surface area contributed by atoms with Crippen LogP contribution in [-0.2, 0) is 9.53 Å². The Morgan fingerprint density at radius 3 is 2.57 bits per heavy atom. The molecule has 2 aromatic heterocycles. The zero-order chi connectivity index (χ0) is 21.1. The first-order chi connectivity index (χ1) is 14.6. The Morgan fingerprint density at radius 2 is 1.87 bits per heavy atom. The summed E-state index contributed by atoms with van der Waals surface area (Å²) in [6, 6.07) is 13.8. The average Bonchev–Trinajstić information content (AvgIpc) is 3.14. The van der Waals surface area contributed by atoms with Crippen molar-refractivity contribution < 1.29 is 14.3 Å². The summed E-state index contributed by atoms with van der Waals surface area (Å²) in [7, 11) is 0. The van der Waals surface area contributed by atoms with E-state index >= 15 is 0 Å². The van der Waals surface area contributed by atoms with Crippen LogP contribution in [-0.4, -0.2) is 46.0 Å². The molecular weight excluding hydrogens is 380 g/mol. The number of hydrogen-bond donors (Lipinski definition) is 1. The second-order valence-electron chi connectivity index (χ2n) is 7.51. The number of anilines is 1. The van der Waals surface area contributed by atoms with Crippen molar-refractivity contribution in [2.24, 2.45) is 5.92 Å². The number of likely N-dealkylation sites (tertiary alicyclic amines) is 1. The summed E-state index contributed by atoms with van der Waals surface area (Å²) in [4.78, 5) is 31.5. The van der Waals surface area contributed by atoms with Gasteiger partial charge in [-0.15, -0.1) is 0 Å². The lowest BCUT2D eigenvalue weighted by molar-refractivity contribution is -0.121. The number of piperidine rings is 1. The van der Waals surface area contributed by atoms with Crippen molar-refractivity contribution in [1.29, 1.82) is 0 Å². The monoisotopic (exact) mass is 406 g/mol. The highest BCUT2D eigenvalue weighted by molar-refractivity contribution is 5.96. The number of nitrogens with one attached hydrogen (secondary N) is 1. The van der Waals surface area contributed by atoms with E-state index in [4.69, 9.17) is 9.72 Å². The van der Waals surface area contributed by atoms with Gasteiger partial charge in [0, 0.05) is 30.8 Å². The zero-order valence-corrected chi connectivity index (χ0v) is 17.3. The van der Waals surface area contributed by atoms with E-state index in [9.17, 15) is 9.59 Å². The van der Waals surface area contributed by atoms with Crippen LogP contribution in [0, 0.1) is 12.8 Å². The third kappa shape index (κ3) is 3.87. The molecule has 0 atom stereocenters. The summed E-state index contributed by atoms with van der Waals surface area (Å²) < 4.78 is 7.00. The van der Waals surface area contributed by atoms with Gasteiger partial charge in [-0.3, -0.25) is 9.20 Å². The van der Waals surface area contributed by atoms with E-state index in [2.05, 4.69) is 5.32 Å². The lowest BCUT2D eigenvalue weighted by Gasteiger charge is -2.30. The number of aromatic nitrogens is 2. The van der Waals surface area contributed by atoms with Gasteiger partial charge < -0.3 is 15.0 Å². The number of rotatable bonds is 4. The highest BCUT2D eigenvalue weighted by Gasteiger charge is 2.29. The number of carbonyl (C=O) groups is 2. The summed E-state index contributed by atoms with van der Waals surface area (Å²) in [5, 5.41) is 3.13. The van der Waals surface area contributed by atoms with E-state index in [0.29, 0.717) is 38.4 Å². The first kappa shape index (κ1) is 19.9. The van der Waals surface area contributed by atoms with Gasteiger partial charge in [-0.1, -0.05) is 36.4 Å². The lowest BCUT2D eigenvalue weighted by atomic mass is 9.96. The van der Waals surface area contributed by atoms with E-state index in [1.165, 1.54) is 0 Å². The quantitative estimate of drug-likeness (QED) is 0.707. The normalized spacial score (nSPS) is 14.7. The van der Waals surface area contributed by atoms with Gasteiger partial charge in [-0.05, 0) is 38.3 Å². The summed E-state index contributed by atoms with van der Waals surface area (Å²) in [6.07, 6.45) is 2.84. The maximum Gasteiger partial charge on any atom is 0.409 e. The number of aryl methyl sites for hydroxylation is 1. The number of carbonyl (C=O) groups excluding carboxylic acids is 2. The molecule has 1 aromatic carbocycles. The Labute approximate surface area is 175 Å². The predicted octanol–water partition coefficient (Wildman–Crippen LogP) is 4.12. The molecule has 0 saturated carbocycles. The Balaban J connectivity index is 1.57. The van der Waals surface area contributed by atoms with Crippen molar-refractivity contribution in [3.05, 3.63) is 54.2 Å². The molecule has 156 valence electrons. The summed E-state index contributed by atoms with van der Waals surface area (Å²) in [5.41, 5.74) is 3.57. The number of benzene rings is 1. The molecule has 0 aliphatic carbocycles. The number of imidazole rings is 1. The van der Waals surface area contributed by atoms with Crippen LogP contribution >= 0.6 is 0 Å². The third-order valence-corrected chi connectivity index (χ3v) is 5.53. The largest absolute Gasteiger partial charge is 0.450 e. The summed E-state index contributed by atoms with van der Waals surface area (Å²) in [5.74, 6) is 0.478. The fraction of sp³-hybridized carbons (Fsp3) is 0.348. The number of fused-ring (bicyclic) bond motifs is 1. The molecule has 1 aliphatic heterocycles. The molecule has 0 spiro atoms. The van der Waals surface area contributed by atoms with E-state index in [0.717, 1.165) is 22.5 Å². The van der Waals surface area contributed by atoms with Crippen LogP contribution in [0.15, 0.2) is 48.7 Å². The van der Waals surface area contributed by atoms with Gasteiger partial charge in [0.15, 0.2) is 0 Å². The Hall–Kier alpha value is -3.35. The molecule has 1 saturated heterocycles. The molecule has 1 N–H and O–H groups in total. The fourth-order valence-corrected chi connectivity index (χ4v) is 3.88. The maximum atomic E-state index is 13.1. The molecule has 7 heteroatoms. The number of hydrogen-bond acceptors (Lipinski definition) is 4. The van der Waals surface area contributed by atoms with Crippen LogP contribution in [0.25, 0.3) is 16.9 Å². The van der Waals surface area contributed by atoms with Gasteiger partial charge in [0.25, 0.3) is 0 Å². The maximum absolute atomic E-state index is 13.1. The van der Waals surface area contributed by atoms with Crippen molar-refractivity contribution >= 4 is 23.5 Å². The highest BCUT2D eigenvalue weighted by Crippen LogP contribution is 2.31. The topological polar surface area (TPSA) is 75.9 Å². The minimum atomic E-state index is -0.306. The third-order valence-electron chi connectivity index (χ3n) is 5.53. The van der Waals surface area contributed by atoms with Crippen LogP contribution in [0.3, 0.4) is 0 Å². The lowest BCUT2D eigenvalue weighted by Crippen LogP contribution is -2.41. The van der Waals surface area contributed by atoms with Crippen molar-refractivity contribution in [3.8, 4) is 11.3 Å². The van der Waals surface area contributed by atoms with Gasteiger partial charge in [0.2, 0.25) is 5.91 Å². The average molecular weight is 406 g/mol. The van der Waals surface area contributed by atoms with Crippen LogP contribution < -0.4 is 5.32 Å². The Kier molecular flexibility index (Phi) is 5.70. The Morgan fingerprint density at radius 1 is 1.13 bits per heavy atom. The molecule has 0 bridgehead atoms. The van der Waals surface area contributed by atoms with E-state index in [1.54, 1.807) is 11.8 Å². The van der Waals surface area contributed by atoms with Gasteiger partial charge in [-0.25, -0.2) is 9.78 Å². The Bertz CT molecular complexity index is 1050. The molecule has 1 fully saturated rings. The minimum Gasteiger partial charge on any atom is -0.450 e. The highest BCUT2D eigenvalue weighted by atomic mass is 16.6. The van der Waals surface area contributed by atoms with Gasteiger partial charge in [-0.2, -0.15) is 0 Å². The molecular formula is C23H26N4O3. The number of nitrogens with zero attached hydrogens (tertiary/aromatic N) is 3. The van der Waals surface area contributed by atoms with Crippen molar-refractivity contribution in [2.45, 2.75) is 26.7 Å². The molecule has 30 heavy (non-hydrogen) atoms. The van der Waals surface area contributed by atoms with E-state index in [-0.39, 0.29) is 17.9 Å². The van der Waals surface area contributed by atoms with Gasteiger partial charge >= 0.3 is 6.09 Å². The predicted molar refractivity (Wildman–Crippen MR) is 115 cm³/mol. The molecule has 3 heterocycles. The summed E-state index contributed by atoms with van der Waals surface area (Å²) >= 11 is 0. The minimum absolute atomic E-state index is 0.0426. The van der Waals surface area contributed by atoms with Crippen molar-refractivity contribution in [3.63, 3.8) is 0 Å². The second kappa shape index (κ2) is 8.57. The number of pyridine rings is 1. The zero-order valence-electron chi connectivity index (χ0n) is 17.3. The summed E-state index contributed by atoms with van der Waals surface area (Å²) in [6.45, 7) is 5.20.